The zero-order chi connectivity index (χ0) is 14.5. The second-order valence-electron chi connectivity index (χ2n) is 4.28. The molecule has 0 radical (unpaired) electrons. The van der Waals surface area contributed by atoms with Crippen molar-refractivity contribution in [2.45, 2.75) is 13.5 Å². The van der Waals surface area contributed by atoms with Gasteiger partial charge in [-0.15, -0.1) is 0 Å². The smallest absolute Gasteiger partial charge is 0.189 e. The van der Waals surface area contributed by atoms with Crippen LogP contribution in [0.15, 0.2) is 41.7 Å². The average Bonchev–Trinajstić information content (AvgIpc) is 2.46. The maximum absolute atomic E-state index is 8.77. The number of nitrogens with one attached hydrogen (secondary N) is 1. The molecule has 0 saturated heterocycles. The molecule has 5 nitrogen and oxygen atoms in total. The van der Waals surface area contributed by atoms with E-state index in [1.54, 1.807) is 12.3 Å². The minimum absolute atomic E-state index is 0.0155. The number of oxime groups is 1. The van der Waals surface area contributed by atoms with Crippen LogP contribution in [0.1, 0.15) is 16.8 Å². The van der Waals surface area contributed by atoms with E-state index in [2.05, 4.69) is 15.5 Å². The van der Waals surface area contributed by atoms with Gasteiger partial charge in [-0.25, -0.2) is 0 Å². The summed E-state index contributed by atoms with van der Waals surface area (Å²) in [5.41, 5.74) is 8.79. The van der Waals surface area contributed by atoms with Gasteiger partial charge in [-0.3, -0.25) is 4.98 Å². The predicted octanol–water partition coefficient (Wildman–Crippen LogP) is 2.75. The minimum atomic E-state index is -0.0155. The van der Waals surface area contributed by atoms with Gasteiger partial charge in [0.2, 0.25) is 0 Å². The molecule has 2 rings (SSSR count). The average molecular weight is 291 g/mol. The van der Waals surface area contributed by atoms with Crippen molar-refractivity contribution in [3.63, 3.8) is 0 Å². The first-order valence-corrected chi connectivity index (χ1v) is 6.42. The van der Waals surface area contributed by atoms with Crippen molar-refractivity contribution in [3.05, 3.63) is 58.4 Å². The number of nitrogens with two attached hydrogens (primary N) is 1. The number of anilines is 1. The molecular weight excluding hydrogens is 276 g/mol. The molecule has 0 aliphatic carbocycles. The fourth-order valence-corrected chi connectivity index (χ4v) is 2.19. The fourth-order valence-electron chi connectivity index (χ4n) is 1.90. The van der Waals surface area contributed by atoms with Crippen LogP contribution in [0.25, 0.3) is 0 Å². The van der Waals surface area contributed by atoms with E-state index in [9.17, 15) is 0 Å². The molecule has 6 heteroatoms. The summed E-state index contributed by atoms with van der Waals surface area (Å²) in [6.45, 7) is 2.45. The number of aromatic nitrogens is 1. The van der Waals surface area contributed by atoms with Crippen LogP contribution in [0.5, 0.6) is 0 Å². The molecule has 0 atom stereocenters. The number of aryl methyl sites for hydroxylation is 1. The minimum Gasteiger partial charge on any atom is -0.409 e. The van der Waals surface area contributed by atoms with Gasteiger partial charge in [0.25, 0.3) is 0 Å². The van der Waals surface area contributed by atoms with Gasteiger partial charge in [0.05, 0.1) is 10.7 Å². The fraction of sp³-hybridized carbons (Fsp3) is 0.143. The van der Waals surface area contributed by atoms with E-state index in [1.165, 1.54) is 0 Å². The van der Waals surface area contributed by atoms with Crippen molar-refractivity contribution in [1.29, 1.82) is 0 Å². The van der Waals surface area contributed by atoms with Crippen LogP contribution < -0.4 is 11.1 Å². The van der Waals surface area contributed by atoms with E-state index >= 15 is 0 Å². The van der Waals surface area contributed by atoms with Crippen LogP contribution in [-0.2, 0) is 6.54 Å². The summed E-state index contributed by atoms with van der Waals surface area (Å²) in [6.07, 6.45) is 1.59. The van der Waals surface area contributed by atoms with E-state index in [0.717, 1.165) is 16.8 Å². The molecular formula is C14H15ClN4O. The van der Waals surface area contributed by atoms with E-state index in [0.29, 0.717) is 17.3 Å². The Morgan fingerprint density at radius 3 is 2.90 bits per heavy atom. The molecule has 4 N–H and O–H groups in total. The summed E-state index contributed by atoms with van der Waals surface area (Å²) in [5.74, 6) is -0.0155. The molecule has 2 aromatic rings. The molecule has 0 spiro atoms. The highest BCUT2D eigenvalue weighted by molar-refractivity contribution is 6.33. The second kappa shape index (κ2) is 6.25. The topological polar surface area (TPSA) is 83.5 Å². The Hall–Kier alpha value is -2.27. The Morgan fingerprint density at radius 1 is 1.40 bits per heavy atom. The van der Waals surface area contributed by atoms with Crippen molar-refractivity contribution in [1.82, 2.24) is 4.98 Å². The molecule has 0 fully saturated rings. The third-order valence-corrected chi connectivity index (χ3v) is 3.23. The summed E-state index contributed by atoms with van der Waals surface area (Å²) in [5, 5.41) is 15.7. The van der Waals surface area contributed by atoms with Gasteiger partial charge < -0.3 is 16.3 Å². The number of hydrogen-bond acceptors (Lipinski definition) is 4. The van der Waals surface area contributed by atoms with Gasteiger partial charge in [0, 0.05) is 18.3 Å². The monoisotopic (exact) mass is 290 g/mol. The number of halogens is 1. The van der Waals surface area contributed by atoms with Gasteiger partial charge >= 0.3 is 0 Å². The van der Waals surface area contributed by atoms with Crippen LogP contribution >= 0.6 is 11.6 Å². The van der Waals surface area contributed by atoms with E-state index < -0.39 is 0 Å². The van der Waals surface area contributed by atoms with Gasteiger partial charge in [-0.05, 0) is 24.6 Å². The highest BCUT2D eigenvalue weighted by atomic mass is 35.5. The van der Waals surface area contributed by atoms with Gasteiger partial charge in [0.15, 0.2) is 5.84 Å². The number of nitrogens with zero attached hydrogens (tertiary/aromatic N) is 2. The van der Waals surface area contributed by atoms with E-state index in [4.69, 9.17) is 22.5 Å². The van der Waals surface area contributed by atoms with Crippen LogP contribution in [0.2, 0.25) is 5.02 Å². The lowest BCUT2D eigenvalue weighted by molar-refractivity contribution is 0.318. The maximum atomic E-state index is 8.77. The van der Waals surface area contributed by atoms with Crippen LogP contribution in [0.4, 0.5) is 5.69 Å². The number of para-hydroxylation sites is 1. The summed E-state index contributed by atoms with van der Waals surface area (Å²) in [7, 11) is 0. The molecule has 0 saturated carbocycles. The Morgan fingerprint density at radius 2 is 2.20 bits per heavy atom. The lowest BCUT2D eigenvalue weighted by Gasteiger charge is -2.13. The van der Waals surface area contributed by atoms with Crippen molar-refractivity contribution in [2.24, 2.45) is 10.9 Å². The first-order valence-electron chi connectivity index (χ1n) is 6.04. The molecule has 0 aliphatic heterocycles. The summed E-state index contributed by atoms with van der Waals surface area (Å²) in [6, 6.07) is 9.35. The Kier molecular flexibility index (Phi) is 4.42. The molecule has 1 aromatic carbocycles. The molecule has 0 amide bonds. The highest BCUT2D eigenvalue weighted by Crippen LogP contribution is 2.25. The summed E-state index contributed by atoms with van der Waals surface area (Å²) < 4.78 is 0. The number of benzene rings is 1. The number of pyridine rings is 1. The quantitative estimate of drug-likeness (QED) is 0.350. The Balaban J connectivity index is 2.24. The molecule has 0 unspecified atom stereocenters. The third-order valence-electron chi connectivity index (χ3n) is 2.92. The SMILES string of the molecule is Cc1cccc(Cl)c1NCc1cccnc1C(N)=NO. The molecule has 0 aliphatic rings. The highest BCUT2D eigenvalue weighted by Gasteiger charge is 2.09. The van der Waals surface area contributed by atoms with Crippen LogP contribution in [0, 0.1) is 6.92 Å². The van der Waals surface area contributed by atoms with E-state index in [-0.39, 0.29) is 5.84 Å². The molecule has 1 aromatic heterocycles. The second-order valence-corrected chi connectivity index (χ2v) is 4.69. The predicted molar refractivity (Wildman–Crippen MR) is 80.3 cm³/mol. The number of hydrogen-bond donors (Lipinski definition) is 3. The van der Waals surface area contributed by atoms with Crippen molar-refractivity contribution in [3.8, 4) is 0 Å². The zero-order valence-corrected chi connectivity index (χ0v) is 11.7. The van der Waals surface area contributed by atoms with Crippen molar-refractivity contribution >= 4 is 23.1 Å². The van der Waals surface area contributed by atoms with E-state index in [1.807, 2.05) is 31.2 Å². The molecule has 1 heterocycles. The first-order chi connectivity index (χ1) is 9.63. The van der Waals surface area contributed by atoms with Crippen molar-refractivity contribution in [2.75, 3.05) is 5.32 Å². The summed E-state index contributed by atoms with van der Waals surface area (Å²) >= 11 is 6.16. The molecule has 20 heavy (non-hydrogen) atoms. The standard InChI is InChI=1S/C14H15ClN4O/c1-9-4-2-6-11(15)12(9)18-8-10-5-3-7-17-13(10)14(16)19-20/h2-7,18,20H,8H2,1H3,(H2,16,19). The van der Waals surface area contributed by atoms with Crippen LogP contribution in [0.3, 0.4) is 0 Å². The van der Waals surface area contributed by atoms with Crippen LogP contribution in [-0.4, -0.2) is 16.0 Å². The largest absolute Gasteiger partial charge is 0.409 e. The van der Waals surface area contributed by atoms with Gasteiger partial charge in [-0.1, -0.05) is 35.0 Å². The van der Waals surface area contributed by atoms with Gasteiger partial charge in [0.1, 0.15) is 5.69 Å². The maximum Gasteiger partial charge on any atom is 0.189 e. The van der Waals surface area contributed by atoms with Crippen molar-refractivity contribution < 1.29 is 5.21 Å². The Bertz CT molecular complexity index is 623. The lowest BCUT2D eigenvalue weighted by Crippen LogP contribution is -2.18. The zero-order valence-electron chi connectivity index (χ0n) is 11.0. The molecule has 0 bridgehead atoms. The molecule has 104 valence electrons. The number of amidine groups is 1. The third kappa shape index (κ3) is 3.00. The summed E-state index contributed by atoms with van der Waals surface area (Å²) in [4.78, 5) is 4.12. The number of rotatable bonds is 4. The lowest BCUT2D eigenvalue weighted by atomic mass is 10.1. The normalized spacial score (nSPS) is 11.4. The first kappa shape index (κ1) is 14.1. The Labute approximate surface area is 122 Å². The van der Waals surface area contributed by atoms with Gasteiger partial charge in [-0.2, -0.15) is 0 Å².